The lowest BCUT2D eigenvalue weighted by Crippen LogP contribution is -2.40. The van der Waals surface area contributed by atoms with Gasteiger partial charge in [0.05, 0.1) is 31.7 Å². The van der Waals surface area contributed by atoms with Crippen molar-refractivity contribution in [3.63, 3.8) is 0 Å². The number of phenols is 1. The van der Waals surface area contributed by atoms with Crippen molar-refractivity contribution in [2.24, 2.45) is 23.7 Å². The van der Waals surface area contributed by atoms with Gasteiger partial charge in [0, 0.05) is 27.7 Å². The standard InChI is InChI=1S/C34H30ClNO7/c1-16-5-7-19(14-25(16)35)36-33(40)22-10-9-20-21(8-6-18-12-27(42-3)32(39)28(13-18)43-4)29-24(15-23(20)30(22)34(36)41)26(37)11-17(2)31(29)38/h5-9,11-14,21-23,30,39H,10,15H2,1-4H3/t21-,22-,23+,30-/m0/s1. The van der Waals surface area contributed by atoms with Crippen LogP contribution in [-0.2, 0) is 19.2 Å². The molecule has 1 heterocycles. The summed E-state index contributed by atoms with van der Waals surface area (Å²) in [5.74, 6) is -3.07. The summed E-state index contributed by atoms with van der Waals surface area (Å²) in [6.07, 6.45) is 7.47. The molecule has 2 amide bonds. The van der Waals surface area contributed by atoms with Crippen LogP contribution in [0.25, 0.3) is 6.08 Å². The molecule has 4 atom stereocenters. The number of imide groups is 1. The number of halogens is 1. The maximum absolute atomic E-state index is 14.0. The number of nitrogens with zero attached hydrogens (tertiary/aromatic N) is 1. The van der Waals surface area contributed by atoms with Crippen LogP contribution in [0.4, 0.5) is 5.69 Å². The number of fused-ring (bicyclic) bond motifs is 3. The molecule has 6 rings (SSSR count). The maximum Gasteiger partial charge on any atom is 0.238 e. The summed E-state index contributed by atoms with van der Waals surface area (Å²) < 4.78 is 10.6. The Hall–Kier alpha value is -4.43. The van der Waals surface area contributed by atoms with E-state index >= 15 is 0 Å². The molecule has 2 aromatic carbocycles. The second-order valence-corrected chi connectivity index (χ2v) is 11.8. The van der Waals surface area contributed by atoms with Crippen molar-refractivity contribution in [3.05, 3.63) is 87.0 Å². The molecular formula is C34H30ClNO7. The van der Waals surface area contributed by atoms with Crippen LogP contribution >= 0.6 is 11.6 Å². The Balaban J connectivity index is 1.43. The van der Waals surface area contributed by atoms with Crippen LogP contribution in [0.1, 0.15) is 30.9 Å². The number of hydrogen-bond donors (Lipinski definition) is 1. The van der Waals surface area contributed by atoms with Gasteiger partial charge in [0.1, 0.15) is 0 Å². The second-order valence-electron chi connectivity index (χ2n) is 11.4. The van der Waals surface area contributed by atoms with Gasteiger partial charge in [-0.3, -0.25) is 19.2 Å². The van der Waals surface area contributed by atoms with E-state index in [-0.39, 0.29) is 47.1 Å². The van der Waals surface area contributed by atoms with Crippen molar-refractivity contribution in [2.45, 2.75) is 26.7 Å². The maximum atomic E-state index is 14.0. The van der Waals surface area contributed by atoms with E-state index in [2.05, 4.69) is 0 Å². The fourth-order valence-corrected chi connectivity index (χ4v) is 7.01. The molecule has 0 unspecified atom stereocenters. The quantitative estimate of drug-likeness (QED) is 0.272. The van der Waals surface area contributed by atoms with Gasteiger partial charge in [-0.05, 0) is 74.1 Å². The molecule has 0 saturated carbocycles. The molecule has 0 bridgehead atoms. The molecular weight excluding hydrogens is 570 g/mol. The van der Waals surface area contributed by atoms with Crippen molar-refractivity contribution >= 4 is 46.7 Å². The molecule has 4 aliphatic rings. The number of aryl methyl sites for hydroxylation is 1. The van der Waals surface area contributed by atoms with Crippen molar-refractivity contribution in [3.8, 4) is 17.2 Å². The molecule has 0 radical (unpaired) electrons. The number of aromatic hydroxyl groups is 1. The monoisotopic (exact) mass is 599 g/mol. The Morgan fingerprint density at radius 2 is 1.67 bits per heavy atom. The smallest absolute Gasteiger partial charge is 0.238 e. The molecule has 8 nitrogen and oxygen atoms in total. The van der Waals surface area contributed by atoms with Crippen LogP contribution in [-0.4, -0.2) is 42.7 Å². The number of anilines is 1. The highest BCUT2D eigenvalue weighted by atomic mass is 35.5. The summed E-state index contributed by atoms with van der Waals surface area (Å²) in [5.41, 5.74) is 3.88. The number of carbonyl (C=O) groups excluding carboxylic acids is 4. The molecule has 220 valence electrons. The van der Waals surface area contributed by atoms with E-state index < -0.39 is 23.7 Å². The fourth-order valence-electron chi connectivity index (χ4n) is 6.83. The number of Topliss-reactive ketones (excluding diaryl/α,β-unsaturated/α-hetero) is 1. The van der Waals surface area contributed by atoms with E-state index in [0.717, 1.165) is 11.1 Å². The molecule has 1 aliphatic heterocycles. The first kappa shape index (κ1) is 28.7. The Labute approximate surface area is 253 Å². The first-order valence-electron chi connectivity index (χ1n) is 14.0. The number of ether oxygens (including phenoxy) is 2. The first-order valence-corrected chi connectivity index (χ1v) is 14.4. The molecule has 1 fully saturated rings. The predicted molar refractivity (Wildman–Crippen MR) is 161 cm³/mol. The highest BCUT2D eigenvalue weighted by molar-refractivity contribution is 6.32. The SMILES string of the molecule is COc1cc(C=C[C@H]2C3=CC[C@@H]4C(=O)N(c5ccc(C)c(Cl)c5)C(=O)[C@@H]4[C@@H]3CC3=C2C(=O)C(C)=CC3=O)cc(OC)c1O. The second kappa shape index (κ2) is 10.7. The lowest BCUT2D eigenvalue weighted by Gasteiger charge is -2.41. The van der Waals surface area contributed by atoms with Gasteiger partial charge >= 0.3 is 0 Å². The van der Waals surface area contributed by atoms with Gasteiger partial charge in [0.15, 0.2) is 23.1 Å². The minimum atomic E-state index is -0.679. The molecule has 0 spiro atoms. The largest absolute Gasteiger partial charge is 0.502 e. The van der Waals surface area contributed by atoms with E-state index in [9.17, 15) is 24.3 Å². The van der Waals surface area contributed by atoms with Crippen molar-refractivity contribution in [2.75, 3.05) is 19.1 Å². The Bertz CT molecular complexity index is 1720. The third-order valence-electron chi connectivity index (χ3n) is 9.01. The number of rotatable bonds is 5. The zero-order valence-electron chi connectivity index (χ0n) is 24.1. The Morgan fingerprint density at radius 3 is 2.33 bits per heavy atom. The van der Waals surface area contributed by atoms with Gasteiger partial charge in [0.25, 0.3) is 0 Å². The average Bonchev–Trinajstić information content (AvgIpc) is 3.25. The number of ketones is 2. The van der Waals surface area contributed by atoms with Gasteiger partial charge < -0.3 is 14.6 Å². The number of methoxy groups -OCH3 is 2. The highest BCUT2D eigenvalue weighted by Crippen LogP contribution is 2.53. The lowest BCUT2D eigenvalue weighted by molar-refractivity contribution is -0.123. The van der Waals surface area contributed by atoms with Crippen molar-refractivity contribution in [1.82, 2.24) is 0 Å². The van der Waals surface area contributed by atoms with Gasteiger partial charge in [-0.2, -0.15) is 0 Å². The summed E-state index contributed by atoms with van der Waals surface area (Å²) in [4.78, 5) is 55.7. The van der Waals surface area contributed by atoms with Crippen molar-refractivity contribution in [1.29, 1.82) is 0 Å². The minimum absolute atomic E-state index is 0.136. The predicted octanol–water partition coefficient (Wildman–Crippen LogP) is 5.55. The Kier molecular flexibility index (Phi) is 7.13. The number of carbonyl (C=O) groups is 4. The summed E-state index contributed by atoms with van der Waals surface area (Å²) in [5, 5.41) is 10.8. The highest BCUT2D eigenvalue weighted by Gasteiger charge is 2.56. The summed E-state index contributed by atoms with van der Waals surface area (Å²) in [6, 6.07) is 8.39. The fraction of sp³-hybridized carbons (Fsp3) is 0.294. The van der Waals surface area contributed by atoms with E-state index in [1.807, 2.05) is 19.1 Å². The summed E-state index contributed by atoms with van der Waals surface area (Å²) in [7, 11) is 2.87. The molecule has 0 aromatic heterocycles. The van der Waals surface area contributed by atoms with E-state index in [1.54, 1.807) is 43.3 Å². The molecule has 1 N–H and O–H groups in total. The van der Waals surface area contributed by atoms with Crippen LogP contribution in [0.5, 0.6) is 17.2 Å². The summed E-state index contributed by atoms with van der Waals surface area (Å²) in [6.45, 7) is 3.47. The van der Waals surface area contributed by atoms with Crippen LogP contribution in [0.3, 0.4) is 0 Å². The molecule has 3 aliphatic carbocycles. The third-order valence-corrected chi connectivity index (χ3v) is 9.42. The van der Waals surface area contributed by atoms with Gasteiger partial charge in [-0.25, -0.2) is 4.90 Å². The molecule has 1 saturated heterocycles. The zero-order valence-corrected chi connectivity index (χ0v) is 24.9. The van der Waals surface area contributed by atoms with E-state index in [1.165, 1.54) is 25.2 Å². The first-order chi connectivity index (χ1) is 20.5. The van der Waals surface area contributed by atoms with Crippen LogP contribution in [0.15, 0.2) is 70.9 Å². The number of phenolic OH excluding ortho intramolecular Hbond substituents is 1. The minimum Gasteiger partial charge on any atom is -0.502 e. The van der Waals surface area contributed by atoms with Crippen LogP contribution in [0, 0.1) is 30.6 Å². The summed E-state index contributed by atoms with van der Waals surface area (Å²) >= 11 is 6.34. The number of hydrogen-bond acceptors (Lipinski definition) is 7. The third kappa shape index (κ3) is 4.52. The topological polar surface area (TPSA) is 110 Å². The van der Waals surface area contributed by atoms with Crippen molar-refractivity contribution < 1.29 is 33.8 Å². The number of amides is 2. The molecule has 9 heteroatoms. The van der Waals surface area contributed by atoms with Crippen LogP contribution < -0.4 is 14.4 Å². The Morgan fingerprint density at radius 1 is 0.977 bits per heavy atom. The lowest BCUT2D eigenvalue weighted by atomic mass is 9.60. The number of allylic oxidation sites excluding steroid dienone is 7. The van der Waals surface area contributed by atoms with Gasteiger partial charge in [-0.15, -0.1) is 0 Å². The zero-order chi connectivity index (χ0) is 30.7. The van der Waals surface area contributed by atoms with E-state index in [4.69, 9.17) is 21.1 Å². The van der Waals surface area contributed by atoms with E-state index in [0.29, 0.717) is 39.4 Å². The molecule has 2 aromatic rings. The number of benzene rings is 2. The molecule has 43 heavy (non-hydrogen) atoms. The van der Waals surface area contributed by atoms with Gasteiger partial charge in [0.2, 0.25) is 17.6 Å². The average molecular weight is 600 g/mol. The van der Waals surface area contributed by atoms with Crippen LogP contribution in [0.2, 0.25) is 5.02 Å². The normalized spacial score (nSPS) is 25.0. The van der Waals surface area contributed by atoms with Gasteiger partial charge in [-0.1, -0.05) is 41.5 Å².